The van der Waals surface area contributed by atoms with Crippen molar-refractivity contribution < 1.29 is 0 Å². The van der Waals surface area contributed by atoms with Gasteiger partial charge < -0.3 is 5.32 Å². The Morgan fingerprint density at radius 3 is 2.43 bits per heavy atom. The Morgan fingerprint density at radius 2 is 1.81 bits per heavy atom. The van der Waals surface area contributed by atoms with Crippen LogP contribution in [0.2, 0.25) is 0 Å². The lowest BCUT2D eigenvalue weighted by molar-refractivity contribution is 0.368. The Balaban J connectivity index is 2.06. The minimum Gasteiger partial charge on any atom is -0.312 e. The van der Waals surface area contributed by atoms with E-state index in [1.807, 2.05) is 11.3 Å². The minimum absolute atomic E-state index is 0.180. The van der Waals surface area contributed by atoms with Gasteiger partial charge in [0.1, 0.15) is 0 Å². The fourth-order valence-electron chi connectivity index (χ4n) is 2.53. The van der Waals surface area contributed by atoms with Crippen LogP contribution in [0, 0.1) is 12.8 Å². The molecular formula is C19H27NS. The molecule has 21 heavy (non-hydrogen) atoms. The highest BCUT2D eigenvalue weighted by Gasteiger charge is 2.16. The van der Waals surface area contributed by atoms with E-state index in [4.69, 9.17) is 0 Å². The zero-order chi connectivity index (χ0) is 15.3. The molecule has 1 unspecified atom stereocenters. The molecule has 0 spiro atoms. The molecule has 2 rings (SSSR count). The normalized spacial score (nSPS) is 13.3. The van der Waals surface area contributed by atoms with Crippen LogP contribution in [0.25, 0.3) is 0 Å². The van der Waals surface area contributed by atoms with E-state index >= 15 is 0 Å². The summed E-state index contributed by atoms with van der Waals surface area (Å²) < 4.78 is 0. The number of benzene rings is 1. The molecule has 1 heterocycles. The molecular weight excluding hydrogens is 274 g/mol. The zero-order valence-corrected chi connectivity index (χ0v) is 14.5. The predicted molar refractivity (Wildman–Crippen MR) is 94.2 cm³/mol. The molecule has 1 aromatic heterocycles. The van der Waals surface area contributed by atoms with Crippen LogP contribution in [-0.2, 0) is 12.8 Å². The second-order valence-electron chi connectivity index (χ2n) is 6.91. The molecule has 1 nitrogen and oxygen atoms in total. The molecule has 1 N–H and O–H groups in total. The van der Waals surface area contributed by atoms with E-state index in [0.717, 1.165) is 19.4 Å². The molecule has 1 aromatic carbocycles. The molecule has 0 aliphatic carbocycles. The summed E-state index contributed by atoms with van der Waals surface area (Å²) in [6.45, 7) is 10.00. The molecule has 0 aliphatic rings. The van der Waals surface area contributed by atoms with Crippen LogP contribution in [0.1, 0.15) is 36.8 Å². The van der Waals surface area contributed by atoms with Gasteiger partial charge in [-0.15, -0.1) is 11.3 Å². The summed E-state index contributed by atoms with van der Waals surface area (Å²) in [5.74, 6) is 0.643. The smallest absolute Gasteiger partial charge is 0.00966 e. The summed E-state index contributed by atoms with van der Waals surface area (Å²) in [7, 11) is 0. The van der Waals surface area contributed by atoms with Gasteiger partial charge in [-0.3, -0.25) is 0 Å². The average Bonchev–Trinajstić information content (AvgIpc) is 2.90. The van der Waals surface area contributed by atoms with Crippen LogP contribution in [0.3, 0.4) is 0 Å². The van der Waals surface area contributed by atoms with Crippen molar-refractivity contribution in [1.82, 2.24) is 5.32 Å². The first-order chi connectivity index (χ1) is 9.94. The number of nitrogens with one attached hydrogen (secondary N) is 1. The molecule has 0 saturated carbocycles. The molecule has 0 aliphatic heterocycles. The van der Waals surface area contributed by atoms with E-state index in [1.165, 1.54) is 16.0 Å². The van der Waals surface area contributed by atoms with Crippen molar-refractivity contribution in [3.63, 3.8) is 0 Å². The van der Waals surface area contributed by atoms with Crippen LogP contribution in [0.5, 0.6) is 0 Å². The lowest BCUT2D eigenvalue weighted by Crippen LogP contribution is -2.40. The van der Waals surface area contributed by atoms with Crippen LogP contribution in [0.15, 0.2) is 41.8 Å². The van der Waals surface area contributed by atoms with Gasteiger partial charge >= 0.3 is 0 Å². The van der Waals surface area contributed by atoms with E-state index < -0.39 is 0 Å². The van der Waals surface area contributed by atoms with Crippen LogP contribution in [-0.4, -0.2) is 12.1 Å². The Bertz CT molecular complexity index is 537. The van der Waals surface area contributed by atoms with Crippen molar-refractivity contribution in [2.75, 3.05) is 6.54 Å². The Hall–Kier alpha value is -1.12. The van der Waals surface area contributed by atoms with Crippen molar-refractivity contribution in [1.29, 1.82) is 0 Å². The molecule has 0 amide bonds. The van der Waals surface area contributed by atoms with Gasteiger partial charge in [0, 0.05) is 10.4 Å². The predicted octanol–water partition coefficient (Wildman–Crippen LogP) is 4.85. The number of thiophene rings is 1. The summed E-state index contributed by atoms with van der Waals surface area (Å²) in [6.07, 6.45) is 2.31. The van der Waals surface area contributed by atoms with E-state index in [-0.39, 0.29) is 5.54 Å². The Labute approximate surface area is 133 Å². The first kappa shape index (κ1) is 16.3. The van der Waals surface area contributed by atoms with Crippen molar-refractivity contribution >= 4 is 11.3 Å². The highest BCUT2D eigenvalue weighted by Crippen LogP contribution is 2.20. The highest BCUT2D eigenvalue weighted by molar-refractivity contribution is 7.09. The highest BCUT2D eigenvalue weighted by atomic mass is 32.1. The lowest BCUT2D eigenvalue weighted by atomic mass is 9.92. The van der Waals surface area contributed by atoms with Gasteiger partial charge in [0.25, 0.3) is 0 Å². The average molecular weight is 301 g/mol. The summed E-state index contributed by atoms with van der Waals surface area (Å²) in [5.41, 5.74) is 3.07. The van der Waals surface area contributed by atoms with Crippen LogP contribution < -0.4 is 5.32 Å². The largest absolute Gasteiger partial charge is 0.312 e. The quantitative estimate of drug-likeness (QED) is 0.804. The first-order valence-corrected chi connectivity index (χ1v) is 8.64. The molecule has 0 saturated heterocycles. The number of rotatable bonds is 6. The van der Waals surface area contributed by atoms with Gasteiger partial charge in [-0.25, -0.2) is 0 Å². The standard InChI is InChI=1S/C19H27NS/c1-15-8-5-6-9-17(15)12-16(14-20-19(2,3)4)13-18-10-7-11-21-18/h5-11,16,20H,12-14H2,1-4H3. The van der Waals surface area contributed by atoms with Gasteiger partial charge in [0.15, 0.2) is 0 Å². The molecule has 2 heteroatoms. The van der Waals surface area contributed by atoms with Crippen molar-refractivity contribution in [3.05, 3.63) is 57.8 Å². The topological polar surface area (TPSA) is 12.0 Å². The maximum Gasteiger partial charge on any atom is 0.00966 e. The maximum atomic E-state index is 3.68. The monoisotopic (exact) mass is 301 g/mol. The molecule has 0 fully saturated rings. The van der Waals surface area contributed by atoms with Gasteiger partial charge in [-0.05, 0) is 75.6 Å². The maximum absolute atomic E-state index is 3.68. The summed E-state index contributed by atoms with van der Waals surface area (Å²) in [4.78, 5) is 1.49. The molecule has 0 radical (unpaired) electrons. The summed E-state index contributed by atoms with van der Waals surface area (Å²) >= 11 is 1.87. The van der Waals surface area contributed by atoms with Gasteiger partial charge in [0.2, 0.25) is 0 Å². The van der Waals surface area contributed by atoms with Gasteiger partial charge in [0.05, 0.1) is 0 Å². The molecule has 0 bridgehead atoms. The molecule has 2 aromatic rings. The second kappa shape index (κ2) is 7.24. The second-order valence-corrected chi connectivity index (χ2v) is 7.94. The molecule has 1 atom stereocenters. The van der Waals surface area contributed by atoms with E-state index in [1.54, 1.807) is 0 Å². The van der Waals surface area contributed by atoms with E-state index in [9.17, 15) is 0 Å². The fourth-order valence-corrected chi connectivity index (χ4v) is 3.35. The van der Waals surface area contributed by atoms with Crippen molar-refractivity contribution in [2.45, 2.75) is 46.1 Å². The third kappa shape index (κ3) is 5.64. The fraction of sp³-hybridized carbons (Fsp3) is 0.474. The summed E-state index contributed by atoms with van der Waals surface area (Å²) in [5, 5.41) is 5.86. The number of hydrogen-bond acceptors (Lipinski definition) is 2. The van der Waals surface area contributed by atoms with Gasteiger partial charge in [-0.2, -0.15) is 0 Å². The lowest BCUT2D eigenvalue weighted by Gasteiger charge is -2.25. The van der Waals surface area contributed by atoms with Gasteiger partial charge in [-0.1, -0.05) is 30.3 Å². The Kier molecular flexibility index (Phi) is 5.60. The van der Waals surface area contributed by atoms with E-state index in [2.05, 4.69) is 74.8 Å². The zero-order valence-electron chi connectivity index (χ0n) is 13.6. The van der Waals surface area contributed by atoms with Crippen molar-refractivity contribution in [2.24, 2.45) is 5.92 Å². The molecule has 114 valence electrons. The minimum atomic E-state index is 0.180. The first-order valence-electron chi connectivity index (χ1n) is 7.76. The number of aryl methyl sites for hydroxylation is 1. The van der Waals surface area contributed by atoms with Crippen LogP contribution >= 0.6 is 11.3 Å². The van der Waals surface area contributed by atoms with E-state index in [0.29, 0.717) is 5.92 Å². The third-order valence-corrected chi connectivity index (χ3v) is 4.66. The van der Waals surface area contributed by atoms with Crippen LogP contribution in [0.4, 0.5) is 0 Å². The third-order valence-electron chi connectivity index (χ3n) is 3.76. The Morgan fingerprint density at radius 1 is 1.05 bits per heavy atom. The van der Waals surface area contributed by atoms with Crippen molar-refractivity contribution in [3.8, 4) is 0 Å². The number of hydrogen-bond donors (Lipinski definition) is 1. The summed E-state index contributed by atoms with van der Waals surface area (Å²) in [6, 6.07) is 13.2. The SMILES string of the molecule is Cc1ccccc1CC(CNC(C)(C)C)Cc1cccs1.